The standard InChI is InChI=1S/C22H15Cl2N3O/c23-18-11-12-19(20(24)13-18)22(27-15-25-14-26-27,17-9-5-2-6-10-17)21(28)16-7-3-1-4-8-16/h1-15H. The van der Waals surface area contributed by atoms with E-state index >= 15 is 0 Å². The highest BCUT2D eigenvalue weighted by Crippen LogP contribution is 2.41. The summed E-state index contributed by atoms with van der Waals surface area (Å²) in [7, 11) is 0. The van der Waals surface area contributed by atoms with Crippen LogP contribution >= 0.6 is 23.2 Å². The predicted octanol–water partition coefficient (Wildman–Crippen LogP) is 5.26. The van der Waals surface area contributed by atoms with Gasteiger partial charge >= 0.3 is 0 Å². The van der Waals surface area contributed by atoms with E-state index in [-0.39, 0.29) is 5.78 Å². The molecule has 0 N–H and O–H groups in total. The van der Waals surface area contributed by atoms with E-state index in [0.717, 1.165) is 5.56 Å². The van der Waals surface area contributed by atoms with Gasteiger partial charge in [0.2, 0.25) is 0 Å². The third-order valence-electron chi connectivity index (χ3n) is 4.64. The van der Waals surface area contributed by atoms with Crippen molar-refractivity contribution in [1.29, 1.82) is 0 Å². The molecule has 4 aromatic rings. The Bertz CT molecular complexity index is 1100. The van der Waals surface area contributed by atoms with Crippen molar-refractivity contribution >= 4 is 29.0 Å². The zero-order valence-electron chi connectivity index (χ0n) is 14.7. The summed E-state index contributed by atoms with van der Waals surface area (Å²) in [5, 5.41) is 5.20. The Morgan fingerprint density at radius 2 is 1.57 bits per heavy atom. The number of rotatable bonds is 5. The monoisotopic (exact) mass is 407 g/mol. The number of halogens is 2. The molecule has 0 bridgehead atoms. The lowest BCUT2D eigenvalue weighted by Gasteiger charge is -2.34. The topological polar surface area (TPSA) is 47.8 Å². The Hall–Kier alpha value is -2.95. The number of carbonyl (C=O) groups excluding carboxylic acids is 1. The maximum atomic E-state index is 14.0. The highest BCUT2D eigenvalue weighted by molar-refractivity contribution is 6.35. The first kappa shape index (κ1) is 18.4. The van der Waals surface area contributed by atoms with E-state index < -0.39 is 5.54 Å². The highest BCUT2D eigenvalue weighted by atomic mass is 35.5. The third kappa shape index (κ3) is 3.01. The Morgan fingerprint density at radius 3 is 2.18 bits per heavy atom. The fourth-order valence-corrected chi connectivity index (χ4v) is 3.96. The fraction of sp³-hybridized carbons (Fsp3) is 0.0455. The van der Waals surface area contributed by atoms with Crippen LogP contribution in [0, 0.1) is 0 Å². The van der Waals surface area contributed by atoms with Gasteiger partial charge in [-0.15, -0.1) is 0 Å². The molecule has 1 atom stereocenters. The Labute approximate surface area is 172 Å². The van der Waals surface area contributed by atoms with Crippen LogP contribution in [0.3, 0.4) is 0 Å². The van der Waals surface area contributed by atoms with Crippen LogP contribution in [0.15, 0.2) is 91.5 Å². The van der Waals surface area contributed by atoms with Crippen molar-refractivity contribution in [1.82, 2.24) is 14.8 Å². The third-order valence-corrected chi connectivity index (χ3v) is 5.19. The Kier molecular flexibility index (Phi) is 4.99. The molecule has 0 aliphatic rings. The Morgan fingerprint density at radius 1 is 0.893 bits per heavy atom. The maximum Gasteiger partial charge on any atom is 0.199 e. The lowest BCUT2D eigenvalue weighted by Crippen LogP contribution is -2.45. The summed E-state index contributed by atoms with van der Waals surface area (Å²) in [6.07, 6.45) is 2.93. The number of nitrogens with zero attached hydrogens (tertiary/aromatic N) is 3. The van der Waals surface area contributed by atoms with E-state index in [4.69, 9.17) is 23.2 Å². The number of aromatic nitrogens is 3. The molecule has 0 saturated carbocycles. The van der Waals surface area contributed by atoms with Crippen LogP contribution in [0.1, 0.15) is 21.5 Å². The van der Waals surface area contributed by atoms with Gasteiger partial charge in [-0.3, -0.25) is 4.79 Å². The molecule has 1 aromatic heterocycles. The second-order valence-corrected chi connectivity index (χ2v) is 7.08. The molecule has 4 nitrogen and oxygen atoms in total. The molecule has 1 heterocycles. The van der Waals surface area contributed by atoms with Gasteiger partial charge in [-0.2, -0.15) is 5.10 Å². The lowest BCUT2D eigenvalue weighted by atomic mass is 9.77. The summed E-state index contributed by atoms with van der Waals surface area (Å²) < 4.78 is 1.55. The quantitative estimate of drug-likeness (QED) is 0.424. The van der Waals surface area contributed by atoms with Crippen LogP contribution in [-0.4, -0.2) is 20.5 Å². The van der Waals surface area contributed by atoms with Crippen LogP contribution < -0.4 is 0 Å². The Balaban J connectivity index is 2.11. The molecule has 0 aliphatic carbocycles. The summed E-state index contributed by atoms with van der Waals surface area (Å²) in [6, 6.07) is 23.6. The molecule has 3 aromatic carbocycles. The van der Waals surface area contributed by atoms with Crippen molar-refractivity contribution in [3.05, 3.63) is 118 Å². The van der Waals surface area contributed by atoms with Crippen LogP contribution in [0.4, 0.5) is 0 Å². The van der Waals surface area contributed by atoms with Crippen molar-refractivity contribution in [2.45, 2.75) is 5.54 Å². The molecular formula is C22H15Cl2N3O. The SMILES string of the molecule is O=C(c1ccccc1)C(c1ccccc1)(c1ccc(Cl)cc1Cl)n1cncn1. The number of hydrogen-bond donors (Lipinski definition) is 0. The predicted molar refractivity (Wildman–Crippen MR) is 110 cm³/mol. The maximum absolute atomic E-state index is 14.0. The summed E-state index contributed by atoms with van der Waals surface area (Å²) in [5.74, 6) is -0.172. The van der Waals surface area contributed by atoms with Crippen molar-refractivity contribution in [3.63, 3.8) is 0 Å². The molecule has 1 unspecified atom stereocenters. The molecule has 0 aliphatic heterocycles. The van der Waals surface area contributed by atoms with E-state index in [9.17, 15) is 4.79 Å². The zero-order chi connectivity index (χ0) is 19.6. The van der Waals surface area contributed by atoms with Gasteiger partial charge in [0.05, 0.1) is 0 Å². The van der Waals surface area contributed by atoms with Gasteiger partial charge in [0, 0.05) is 21.2 Å². The van der Waals surface area contributed by atoms with Gasteiger partial charge in [0.1, 0.15) is 12.7 Å². The molecule has 28 heavy (non-hydrogen) atoms. The summed E-state index contributed by atoms with van der Waals surface area (Å²) in [4.78, 5) is 18.1. The van der Waals surface area contributed by atoms with Crippen LogP contribution in [-0.2, 0) is 5.54 Å². The lowest BCUT2D eigenvalue weighted by molar-refractivity contribution is 0.0878. The fourth-order valence-electron chi connectivity index (χ4n) is 3.41. The summed E-state index contributed by atoms with van der Waals surface area (Å²) in [6.45, 7) is 0. The second kappa shape index (κ2) is 7.58. The zero-order valence-corrected chi connectivity index (χ0v) is 16.2. The van der Waals surface area contributed by atoms with E-state index in [1.54, 1.807) is 35.0 Å². The second-order valence-electron chi connectivity index (χ2n) is 6.24. The molecule has 0 spiro atoms. The highest BCUT2D eigenvalue weighted by Gasteiger charge is 2.46. The van der Waals surface area contributed by atoms with Gasteiger partial charge in [-0.1, -0.05) is 89.9 Å². The van der Waals surface area contributed by atoms with Gasteiger partial charge in [0.25, 0.3) is 0 Å². The molecule has 0 saturated heterocycles. The first-order valence-electron chi connectivity index (χ1n) is 8.60. The number of carbonyl (C=O) groups is 1. The number of hydrogen-bond acceptors (Lipinski definition) is 3. The number of benzene rings is 3. The van der Waals surface area contributed by atoms with Crippen LogP contribution in [0.5, 0.6) is 0 Å². The average Bonchev–Trinajstić information content (AvgIpc) is 3.26. The number of ketones is 1. The van der Waals surface area contributed by atoms with E-state index in [0.29, 0.717) is 21.2 Å². The first-order valence-corrected chi connectivity index (χ1v) is 9.35. The minimum absolute atomic E-state index is 0.172. The van der Waals surface area contributed by atoms with Crippen molar-refractivity contribution in [2.75, 3.05) is 0 Å². The van der Waals surface area contributed by atoms with Crippen molar-refractivity contribution in [3.8, 4) is 0 Å². The largest absolute Gasteiger partial charge is 0.291 e. The van der Waals surface area contributed by atoms with Gasteiger partial charge in [0.15, 0.2) is 11.3 Å². The van der Waals surface area contributed by atoms with E-state index in [1.807, 2.05) is 48.5 Å². The average molecular weight is 408 g/mol. The van der Waals surface area contributed by atoms with Gasteiger partial charge in [-0.05, 0) is 17.7 Å². The molecule has 0 amide bonds. The molecule has 0 fully saturated rings. The minimum atomic E-state index is -1.33. The van der Waals surface area contributed by atoms with Crippen molar-refractivity contribution < 1.29 is 4.79 Å². The first-order chi connectivity index (χ1) is 13.6. The summed E-state index contributed by atoms with van der Waals surface area (Å²) >= 11 is 12.7. The van der Waals surface area contributed by atoms with Gasteiger partial charge in [-0.25, -0.2) is 9.67 Å². The smallest absolute Gasteiger partial charge is 0.199 e. The molecule has 138 valence electrons. The van der Waals surface area contributed by atoms with Crippen LogP contribution in [0.2, 0.25) is 10.0 Å². The number of Topliss-reactive ketones (excluding diaryl/α,β-unsaturated/α-hetero) is 1. The molecule has 6 heteroatoms. The normalized spacial score (nSPS) is 13.1. The molecular weight excluding hydrogens is 393 g/mol. The van der Waals surface area contributed by atoms with Crippen LogP contribution in [0.25, 0.3) is 0 Å². The van der Waals surface area contributed by atoms with E-state index in [1.165, 1.54) is 12.7 Å². The van der Waals surface area contributed by atoms with Crippen molar-refractivity contribution in [2.24, 2.45) is 0 Å². The molecule has 0 radical (unpaired) electrons. The van der Waals surface area contributed by atoms with Gasteiger partial charge < -0.3 is 0 Å². The minimum Gasteiger partial charge on any atom is -0.291 e. The summed E-state index contributed by atoms with van der Waals surface area (Å²) in [5.41, 5.74) is 0.497. The van der Waals surface area contributed by atoms with E-state index in [2.05, 4.69) is 10.1 Å². The molecule has 4 rings (SSSR count).